The lowest BCUT2D eigenvalue weighted by Crippen LogP contribution is -2.39. The zero-order chi connectivity index (χ0) is 23.4. The van der Waals surface area contributed by atoms with Gasteiger partial charge < -0.3 is 9.80 Å². The van der Waals surface area contributed by atoms with Gasteiger partial charge in [-0.2, -0.15) is 0 Å². The van der Waals surface area contributed by atoms with E-state index in [1.807, 2.05) is 11.8 Å². The second kappa shape index (κ2) is 9.98. The maximum Gasteiger partial charge on any atom is 0.261 e. The number of rotatable bonds is 6. The molecule has 0 saturated carbocycles. The van der Waals surface area contributed by atoms with Gasteiger partial charge in [-0.15, -0.1) is 0 Å². The fraction of sp³-hybridized carbons (Fsp3) is 0.385. The Balaban J connectivity index is 1.25. The minimum Gasteiger partial charge on any atom is -0.341 e. The first-order chi connectivity index (χ1) is 15.9. The zero-order valence-electron chi connectivity index (χ0n) is 19.0. The predicted octanol–water partition coefficient (Wildman–Crippen LogP) is 2.67. The second-order valence-corrected chi connectivity index (χ2v) is 8.66. The maximum atomic E-state index is 12.8. The largest absolute Gasteiger partial charge is 0.341 e. The van der Waals surface area contributed by atoms with E-state index in [2.05, 4.69) is 24.3 Å². The lowest BCUT2D eigenvalue weighted by atomic mass is 10.1. The van der Waals surface area contributed by atoms with Gasteiger partial charge in [-0.25, -0.2) is 0 Å². The highest BCUT2D eigenvalue weighted by molar-refractivity contribution is 6.21. The summed E-state index contributed by atoms with van der Waals surface area (Å²) in [5, 5.41) is 0. The number of hydrogen-bond acceptors (Lipinski definition) is 4. The van der Waals surface area contributed by atoms with E-state index in [9.17, 15) is 19.2 Å². The SMILES string of the molecule is Cc1ccc(CCC(=O)N2CCCN(C(=O)CCN3C(=O)c4ccccc4C3=O)CC2)cc1. The molecule has 1 saturated heterocycles. The molecule has 4 rings (SSSR count). The molecule has 0 aliphatic carbocycles. The van der Waals surface area contributed by atoms with Gasteiger partial charge >= 0.3 is 0 Å². The number of fused-ring (bicyclic) bond motifs is 1. The van der Waals surface area contributed by atoms with Gasteiger partial charge in [-0.05, 0) is 37.5 Å². The first-order valence-electron chi connectivity index (χ1n) is 11.5. The molecule has 2 heterocycles. The number of nitrogens with zero attached hydrogens (tertiary/aromatic N) is 3. The molecule has 0 radical (unpaired) electrons. The Kier molecular flexibility index (Phi) is 6.87. The average molecular weight is 448 g/mol. The molecule has 2 aromatic carbocycles. The Bertz CT molecular complexity index is 1030. The van der Waals surface area contributed by atoms with Gasteiger partial charge in [0.2, 0.25) is 11.8 Å². The van der Waals surface area contributed by atoms with E-state index < -0.39 is 0 Å². The van der Waals surface area contributed by atoms with E-state index in [-0.39, 0.29) is 36.6 Å². The molecule has 2 aliphatic rings. The summed E-state index contributed by atoms with van der Waals surface area (Å²) in [7, 11) is 0. The van der Waals surface area contributed by atoms with Crippen LogP contribution >= 0.6 is 0 Å². The first-order valence-corrected chi connectivity index (χ1v) is 11.5. The lowest BCUT2D eigenvalue weighted by molar-refractivity contribution is -0.133. The van der Waals surface area contributed by atoms with Crippen LogP contribution in [0, 0.1) is 6.92 Å². The van der Waals surface area contributed by atoms with Gasteiger partial charge in [0, 0.05) is 45.6 Å². The summed E-state index contributed by atoms with van der Waals surface area (Å²) in [6.45, 7) is 4.29. The van der Waals surface area contributed by atoms with Crippen molar-refractivity contribution in [2.75, 3.05) is 32.7 Å². The van der Waals surface area contributed by atoms with Gasteiger partial charge in [0.15, 0.2) is 0 Å². The lowest BCUT2D eigenvalue weighted by Gasteiger charge is -2.23. The third-order valence-corrected chi connectivity index (χ3v) is 6.38. The van der Waals surface area contributed by atoms with Gasteiger partial charge in [0.05, 0.1) is 11.1 Å². The molecule has 0 unspecified atom stereocenters. The smallest absolute Gasteiger partial charge is 0.261 e. The number of hydrogen-bond donors (Lipinski definition) is 0. The molecule has 172 valence electrons. The van der Waals surface area contributed by atoms with Gasteiger partial charge in [0.1, 0.15) is 0 Å². The van der Waals surface area contributed by atoms with Gasteiger partial charge in [0.25, 0.3) is 11.8 Å². The summed E-state index contributed by atoms with van der Waals surface area (Å²) in [6.07, 6.45) is 1.97. The van der Waals surface area contributed by atoms with Crippen LogP contribution in [0.25, 0.3) is 0 Å². The Morgan fingerprint density at radius 1 is 0.758 bits per heavy atom. The number of imide groups is 1. The normalized spacial score (nSPS) is 16.1. The number of aryl methyl sites for hydroxylation is 2. The molecule has 1 fully saturated rings. The van der Waals surface area contributed by atoms with Gasteiger partial charge in [-0.3, -0.25) is 24.1 Å². The fourth-order valence-electron chi connectivity index (χ4n) is 4.39. The minimum atomic E-state index is -0.343. The van der Waals surface area contributed by atoms with Crippen LogP contribution in [0.2, 0.25) is 0 Å². The molecule has 7 nitrogen and oxygen atoms in total. The zero-order valence-corrected chi connectivity index (χ0v) is 19.0. The second-order valence-electron chi connectivity index (χ2n) is 8.66. The van der Waals surface area contributed by atoms with Crippen LogP contribution < -0.4 is 0 Å². The number of carbonyl (C=O) groups excluding carboxylic acids is 4. The highest BCUT2D eigenvalue weighted by atomic mass is 16.2. The van der Waals surface area contributed by atoms with E-state index in [1.165, 1.54) is 5.56 Å². The van der Waals surface area contributed by atoms with Crippen LogP contribution in [0.4, 0.5) is 0 Å². The number of carbonyl (C=O) groups is 4. The summed E-state index contributed by atoms with van der Waals surface area (Å²) >= 11 is 0. The van der Waals surface area contributed by atoms with Crippen LogP contribution in [0.5, 0.6) is 0 Å². The molecular weight excluding hydrogens is 418 g/mol. The van der Waals surface area contributed by atoms with Crippen molar-refractivity contribution < 1.29 is 19.2 Å². The van der Waals surface area contributed by atoms with Crippen molar-refractivity contribution in [1.82, 2.24) is 14.7 Å². The van der Waals surface area contributed by atoms with Crippen molar-refractivity contribution in [1.29, 1.82) is 0 Å². The van der Waals surface area contributed by atoms with E-state index in [4.69, 9.17) is 0 Å². The fourth-order valence-corrected chi connectivity index (χ4v) is 4.39. The highest BCUT2D eigenvalue weighted by Crippen LogP contribution is 2.22. The van der Waals surface area contributed by atoms with Crippen molar-refractivity contribution >= 4 is 23.6 Å². The van der Waals surface area contributed by atoms with E-state index in [0.717, 1.165) is 16.9 Å². The molecule has 0 bridgehead atoms. The minimum absolute atomic E-state index is 0.0703. The topological polar surface area (TPSA) is 78.0 Å². The van der Waals surface area contributed by atoms with E-state index in [1.54, 1.807) is 29.2 Å². The Morgan fingerprint density at radius 3 is 1.88 bits per heavy atom. The Morgan fingerprint density at radius 2 is 1.30 bits per heavy atom. The summed E-state index contributed by atoms with van der Waals surface area (Å²) in [5.41, 5.74) is 3.13. The molecule has 0 N–H and O–H groups in total. The van der Waals surface area contributed by atoms with E-state index >= 15 is 0 Å². The summed E-state index contributed by atoms with van der Waals surface area (Å²) < 4.78 is 0. The standard InChI is InChI=1S/C26H29N3O4/c1-19-7-9-20(10-8-19)11-12-23(30)27-14-4-15-28(18-17-27)24(31)13-16-29-25(32)21-5-2-3-6-22(21)26(29)33/h2-3,5-10H,4,11-18H2,1H3. The van der Waals surface area contributed by atoms with Crippen LogP contribution in [0.1, 0.15) is 51.1 Å². The Labute approximate surface area is 194 Å². The summed E-state index contributed by atoms with van der Waals surface area (Å²) in [5.74, 6) is -0.675. The molecule has 7 heteroatoms. The molecule has 0 spiro atoms. The predicted molar refractivity (Wildman–Crippen MR) is 124 cm³/mol. The van der Waals surface area contributed by atoms with E-state index in [0.29, 0.717) is 50.1 Å². The molecule has 4 amide bonds. The number of benzene rings is 2. The quantitative estimate of drug-likeness (QED) is 0.638. The molecule has 2 aromatic rings. The van der Waals surface area contributed by atoms with Gasteiger partial charge in [-0.1, -0.05) is 42.0 Å². The van der Waals surface area contributed by atoms with Crippen molar-refractivity contribution in [2.24, 2.45) is 0 Å². The van der Waals surface area contributed by atoms with Crippen LogP contribution in [0.3, 0.4) is 0 Å². The molecular formula is C26H29N3O4. The third kappa shape index (κ3) is 5.13. The Hall–Kier alpha value is -3.48. The molecule has 2 aliphatic heterocycles. The summed E-state index contributed by atoms with van der Waals surface area (Å²) in [6, 6.07) is 14.9. The maximum absolute atomic E-state index is 12.8. The first kappa shape index (κ1) is 22.7. The number of amides is 4. The molecule has 0 aromatic heterocycles. The molecule has 0 atom stereocenters. The van der Waals surface area contributed by atoms with Crippen molar-refractivity contribution in [2.45, 2.75) is 32.6 Å². The molecule has 33 heavy (non-hydrogen) atoms. The van der Waals surface area contributed by atoms with Crippen molar-refractivity contribution in [3.63, 3.8) is 0 Å². The average Bonchev–Trinajstić information content (AvgIpc) is 2.99. The monoisotopic (exact) mass is 447 g/mol. The summed E-state index contributed by atoms with van der Waals surface area (Å²) in [4.78, 5) is 55.2. The van der Waals surface area contributed by atoms with Crippen LogP contribution in [-0.4, -0.2) is 71.1 Å². The highest BCUT2D eigenvalue weighted by Gasteiger charge is 2.35. The van der Waals surface area contributed by atoms with Crippen LogP contribution in [-0.2, 0) is 16.0 Å². The van der Waals surface area contributed by atoms with Crippen molar-refractivity contribution in [3.8, 4) is 0 Å². The van der Waals surface area contributed by atoms with Crippen LogP contribution in [0.15, 0.2) is 48.5 Å². The third-order valence-electron chi connectivity index (χ3n) is 6.38. The van der Waals surface area contributed by atoms with Crippen molar-refractivity contribution in [3.05, 3.63) is 70.8 Å².